The first-order chi connectivity index (χ1) is 27.9. The number of nitrogens with one attached hydrogen (secondary N) is 3. The highest BCUT2D eigenvalue weighted by Gasteiger charge is 2.61. The summed E-state index contributed by atoms with van der Waals surface area (Å²) in [6.45, 7) is 3.53. The molecule has 0 unspecified atom stereocenters. The van der Waals surface area contributed by atoms with Crippen LogP contribution in [0.25, 0.3) is 22.3 Å². The second kappa shape index (κ2) is 17.5. The van der Waals surface area contributed by atoms with Crippen LogP contribution in [0.3, 0.4) is 0 Å². The molecule has 2 saturated carbocycles. The van der Waals surface area contributed by atoms with Crippen LogP contribution in [0.15, 0.2) is 35.7 Å². The van der Waals surface area contributed by atoms with Crippen molar-refractivity contribution in [2.24, 2.45) is 11.8 Å². The van der Waals surface area contributed by atoms with E-state index in [-0.39, 0.29) is 48.3 Å². The smallest absolute Gasteiger partial charge is 0.408 e. The molecule has 7 rings (SSSR count). The van der Waals surface area contributed by atoms with Gasteiger partial charge >= 0.3 is 12.1 Å². The molecule has 2 aromatic heterocycles. The molecule has 3 fully saturated rings. The van der Waals surface area contributed by atoms with Crippen molar-refractivity contribution in [3.05, 3.63) is 40.8 Å². The van der Waals surface area contributed by atoms with Crippen LogP contribution in [0.2, 0.25) is 5.02 Å². The summed E-state index contributed by atoms with van der Waals surface area (Å²) in [5, 5.41) is 21.6. The number of amides is 4. The predicted molar refractivity (Wildman–Crippen MR) is 217 cm³/mol. The van der Waals surface area contributed by atoms with E-state index >= 15 is 0 Å². The first-order valence-electron chi connectivity index (χ1n) is 20.0. The minimum atomic E-state index is -1.49. The number of fused-ring (bicyclic) bond motifs is 3. The topological polar surface area (TPSA) is 198 Å². The molecule has 5 atom stereocenters. The van der Waals surface area contributed by atoms with E-state index < -0.39 is 47.6 Å². The van der Waals surface area contributed by atoms with Gasteiger partial charge in [-0.1, -0.05) is 50.4 Å². The maximum Gasteiger partial charge on any atom is 0.408 e. The van der Waals surface area contributed by atoms with Gasteiger partial charge in [0.15, 0.2) is 5.13 Å². The van der Waals surface area contributed by atoms with Crippen molar-refractivity contribution in [3.63, 3.8) is 0 Å². The molecule has 2 aliphatic heterocycles. The van der Waals surface area contributed by atoms with Crippen molar-refractivity contribution < 1.29 is 43.3 Å². The van der Waals surface area contributed by atoms with E-state index in [1.54, 1.807) is 37.4 Å². The number of methoxy groups -OCH3 is 1. The van der Waals surface area contributed by atoms with Gasteiger partial charge in [0.2, 0.25) is 17.7 Å². The monoisotopic (exact) mass is 836 g/mol. The number of alkyl carbamates (subject to hydrolysis) is 1. The lowest BCUT2D eigenvalue weighted by Crippen LogP contribution is -2.56. The van der Waals surface area contributed by atoms with Crippen LogP contribution in [0.1, 0.15) is 84.5 Å². The molecule has 4 aliphatic rings. The molecule has 4 heterocycles. The summed E-state index contributed by atoms with van der Waals surface area (Å²) in [7, 11) is 1.49. The molecule has 310 valence electrons. The highest BCUT2D eigenvalue weighted by Crippen LogP contribution is 2.46. The lowest BCUT2D eigenvalue weighted by Gasteiger charge is -2.29. The van der Waals surface area contributed by atoms with Crippen molar-refractivity contribution in [1.82, 2.24) is 25.5 Å². The maximum atomic E-state index is 14.6. The van der Waals surface area contributed by atoms with Crippen molar-refractivity contribution in [3.8, 4) is 22.9 Å². The average Bonchev–Trinajstić information content (AvgIpc) is 3.62. The van der Waals surface area contributed by atoms with E-state index in [9.17, 15) is 29.1 Å². The third-order valence-corrected chi connectivity index (χ3v) is 12.5. The summed E-state index contributed by atoms with van der Waals surface area (Å²) in [5.41, 5.74) is -0.287. The summed E-state index contributed by atoms with van der Waals surface area (Å²) in [6, 6.07) is 3.03. The van der Waals surface area contributed by atoms with Crippen LogP contribution in [-0.2, 0) is 23.9 Å². The van der Waals surface area contributed by atoms with Gasteiger partial charge in [0, 0.05) is 35.1 Å². The third-order valence-electron chi connectivity index (χ3n) is 11.4. The van der Waals surface area contributed by atoms with Gasteiger partial charge < -0.3 is 40.2 Å². The van der Waals surface area contributed by atoms with Crippen LogP contribution in [0, 0.1) is 11.8 Å². The largest absolute Gasteiger partial charge is 0.495 e. The first kappa shape index (κ1) is 41.2. The van der Waals surface area contributed by atoms with Gasteiger partial charge in [0.1, 0.15) is 52.0 Å². The van der Waals surface area contributed by atoms with Crippen molar-refractivity contribution in [2.75, 3.05) is 19.0 Å². The minimum absolute atomic E-state index is 0.0259. The van der Waals surface area contributed by atoms with Gasteiger partial charge in [0.25, 0.3) is 0 Å². The van der Waals surface area contributed by atoms with Gasteiger partial charge in [-0.3, -0.25) is 14.4 Å². The van der Waals surface area contributed by atoms with Crippen LogP contribution >= 0.6 is 22.9 Å². The number of carboxylic acid groups (broad SMARTS) is 1. The zero-order valence-electron chi connectivity index (χ0n) is 32.8. The van der Waals surface area contributed by atoms with Crippen molar-refractivity contribution in [2.45, 2.75) is 114 Å². The Hall–Kier alpha value is -4.96. The lowest BCUT2D eigenvalue weighted by atomic mass is 10.0. The van der Waals surface area contributed by atoms with Crippen LogP contribution < -0.4 is 25.4 Å². The molecule has 4 amide bonds. The van der Waals surface area contributed by atoms with E-state index in [1.807, 2.05) is 12.2 Å². The Morgan fingerprint density at radius 3 is 2.55 bits per heavy atom. The minimum Gasteiger partial charge on any atom is -0.495 e. The van der Waals surface area contributed by atoms with E-state index in [0.29, 0.717) is 51.8 Å². The normalized spacial score (nSPS) is 25.8. The Morgan fingerprint density at radius 1 is 1.03 bits per heavy atom. The number of allylic oxidation sites excluding steroid dienone is 1. The van der Waals surface area contributed by atoms with Gasteiger partial charge in [-0.05, 0) is 63.5 Å². The fourth-order valence-corrected chi connectivity index (χ4v) is 8.95. The number of ether oxygens (including phenoxy) is 3. The molecule has 17 heteroatoms. The van der Waals surface area contributed by atoms with E-state index in [4.69, 9.17) is 30.8 Å². The van der Waals surface area contributed by atoms with E-state index in [2.05, 4.69) is 20.9 Å². The summed E-state index contributed by atoms with van der Waals surface area (Å²) in [5.74, 6) is -2.34. The Bertz CT molecular complexity index is 2100. The third kappa shape index (κ3) is 8.87. The summed E-state index contributed by atoms with van der Waals surface area (Å²) in [6.07, 6.45) is 9.18. The van der Waals surface area contributed by atoms with Crippen molar-refractivity contribution >= 4 is 68.8 Å². The number of hydrogen-bond donors (Lipinski definition) is 4. The molecule has 0 bridgehead atoms. The number of pyridine rings is 1. The first-order valence-corrected chi connectivity index (χ1v) is 21.2. The van der Waals surface area contributed by atoms with Crippen LogP contribution in [-0.4, -0.2) is 93.2 Å². The molecule has 2 aliphatic carbocycles. The van der Waals surface area contributed by atoms with Gasteiger partial charge in [-0.15, -0.1) is 11.3 Å². The average molecular weight is 837 g/mol. The molecule has 1 aromatic carbocycles. The Kier molecular flexibility index (Phi) is 12.4. The Balaban J connectivity index is 1.21. The number of carbonyl (C=O) groups is 5. The van der Waals surface area contributed by atoms with Crippen molar-refractivity contribution in [1.29, 1.82) is 0 Å². The Labute approximate surface area is 345 Å². The molecule has 58 heavy (non-hydrogen) atoms. The number of aliphatic carboxylic acids is 1. The summed E-state index contributed by atoms with van der Waals surface area (Å²) < 4.78 is 17.8. The fraction of sp³-hybridized carbons (Fsp3) is 0.537. The number of halogens is 1. The van der Waals surface area contributed by atoms with E-state index in [1.165, 1.54) is 23.3 Å². The quantitative estimate of drug-likeness (QED) is 0.172. The molecule has 1 saturated heterocycles. The number of thiazole rings is 1. The number of aromatic nitrogens is 2. The standard InChI is InChI=1S/C41H49ClN6O9S/c1-22(2)35(49)46-39-44-29(21-58-39)28-18-32(26-15-16-31(55-3)33(42)34(26)43-28)56-25-17-30-36(50)47-41(38(52)53)19-23(41)11-7-5-4-6-8-14-27(37(51)48(30)20-25)45-40(54)57-24-12-9-10-13-24/h7,11,15-16,18,21-25,27,30H,4-6,8-10,12-14,17,19-20H2,1-3H3,(H,45,54)(H,47,50)(H,52,53)(H,44,46,49)/b11-7-/t23-,25+,27+,30-,41+/m0/s1. The highest BCUT2D eigenvalue weighted by molar-refractivity contribution is 7.14. The number of carboxylic acids is 1. The number of carbonyl (C=O) groups excluding carboxylic acids is 4. The van der Waals surface area contributed by atoms with Gasteiger partial charge in [0.05, 0.1) is 24.9 Å². The zero-order chi connectivity index (χ0) is 41.1. The Morgan fingerprint density at radius 2 is 1.81 bits per heavy atom. The second-order valence-electron chi connectivity index (χ2n) is 15.8. The van der Waals surface area contributed by atoms with Gasteiger partial charge in [-0.25, -0.2) is 19.6 Å². The fourth-order valence-electron chi connectivity index (χ4n) is 7.95. The highest BCUT2D eigenvalue weighted by atomic mass is 35.5. The SMILES string of the molecule is COc1ccc2c(O[C@@H]3C[C@H]4C(=O)N[C@]5(C(=O)O)C[C@@H]5/C=C\CCCCC[C@@H](NC(=O)OC5CCCC5)C(=O)N4C3)cc(-c3csc(NC(=O)C(C)C)n3)nc2c1Cl. The molecule has 0 radical (unpaired) electrons. The van der Waals surface area contributed by atoms with Crippen LogP contribution in [0.4, 0.5) is 9.93 Å². The predicted octanol–water partition coefficient (Wildman–Crippen LogP) is 6.48. The molecule has 4 N–H and O–H groups in total. The maximum absolute atomic E-state index is 14.6. The molecule has 3 aromatic rings. The molecular formula is C41H49ClN6O9S. The number of benzene rings is 1. The molecule has 0 spiro atoms. The number of rotatable bonds is 9. The summed E-state index contributed by atoms with van der Waals surface area (Å²) >= 11 is 8.05. The molecule has 15 nitrogen and oxygen atoms in total. The van der Waals surface area contributed by atoms with Gasteiger partial charge in [-0.2, -0.15) is 0 Å². The lowest BCUT2D eigenvalue weighted by molar-refractivity contribution is -0.145. The summed E-state index contributed by atoms with van der Waals surface area (Å²) in [4.78, 5) is 77.8. The number of anilines is 1. The zero-order valence-corrected chi connectivity index (χ0v) is 34.3. The van der Waals surface area contributed by atoms with E-state index in [0.717, 1.165) is 44.9 Å². The number of nitrogens with zero attached hydrogens (tertiary/aromatic N) is 3. The second-order valence-corrected chi connectivity index (χ2v) is 17.0. The molecular weight excluding hydrogens is 788 g/mol. The van der Waals surface area contributed by atoms with Crippen LogP contribution in [0.5, 0.6) is 11.5 Å². The number of hydrogen-bond acceptors (Lipinski definition) is 11.